The molecule has 3 nitrogen and oxygen atoms in total. The van der Waals surface area contributed by atoms with Gasteiger partial charge in [0.2, 0.25) is 0 Å². The van der Waals surface area contributed by atoms with Crippen molar-refractivity contribution in [2.24, 2.45) is 0 Å². The molecule has 0 saturated heterocycles. The van der Waals surface area contributed by atoms with E-state index < -0.39 is 24.6 Å². The second kappa shape index (κ2) is 4.21. The van der Waals surface area contributed by atoms with Gasteiger partial charge in [-0.25, -0.2) is 0 Å². The Morgan fingerprint density at radius 1 is 1.29 bits per heavy atom. The van der Waals surface area contributed by atoms with E-state index in [1.165, 1.54) is 11.4 Å². The lowest BCUT2D eigenvalue weighted by molar-refractivity contribution is -0.269. The van der Waals surface area contributed by atoms with Gasteiger partial charge in [0, 0.05) is 6.54 Å². The molecule has 0 aromatic heterocycles. The predicted molar refractivity (Wildman–Crippen MR) is 34.2 cm³/mol. The molecule has 14 heavy (non-hydrogen) atoms. The van der Waals surface area contributed by atoms with Gasteiger partial charge in [-0.2, -0.15) is 27.2 Å². The molecule has 0 aliphatic rings. The van der Waals surface area contributed by atoms with Crippen molar-refractivity contribution < 1.29 is 26.7 Å². The van der Waals surface area contributed by atoms with Gasteiger partial charge in [-0.05, 0) is 0 Å². The molecule has 0 radical (unpaired) electrons. The van der Waals surface area contributed by atoms with Crippen molar-refractivity contribution >= 4 is 5.91 Å². The van der Waals surface area contributed by atoms with Crippen LogP contribution in [0.4, 0.5) is 22.0 Å². The maximum Gasteiger partial charge on any atom is 0.463 e. The summed E-state index contributed by atoms with van der Waals surface area (Å²) in [4.78, 5) is 10.3. The van der Waals surface area contributed by atoms with Crippen molar-refractivity contribution in [2.75, 3.05) is 6.54 Å². The number of rotatable bonds is 3. The Kier molecular flexibility index (Phi) is 3.80. The molecule has 8 heteroatoms. The Hall–Kier alpha value is -1.39. The second-order valence-corrected chi connectivity index (χ2v) is 2.24. The number of carbonyl (C=O) groups is 1. The molecule has 1 N–H and O–H groups in total. The van der Waals surface area contributed by atoms with Crippen LogP contribution in [0.3, 0.4) is 0 Å². The molecule has 0 bridgehead atoms. The van der Waals surface area contributed by atoms with E-state index in [-0.39, 0.29) is 6.42 Å². The molecule has 0 heterocycles. The zero-order valence-electron chi connectivity index (χ0n) is 6.66. The molecular formula is C6H5F5N2O. The third-order valence-electron chi connectivity index (χ3n) is 1.16. The van der Waals surface area contributed by atoms with Crippen LogP contribution in [0.15, 0.2) is 0 Å². The Balaban J connectivity index is 4.32. The predicted octanol–water partition coefficient (Wildman–Crippen LogP) is 1.21. The zero-order valence-corrected chi connectivity index (χ0v) is 6.66. The van der Waals surface area contributed by atoms with Crippen molar-refractivity contribution in [1.29, 1.82) is 5.26 Å². The first kappa shape index (κ1) is 12.6. The number of nitrogens with one attached hydrogen (secondary N) is 1. The van der Waals surface area contributed by atoms with Crippen molar-refractivity contribution in [1.82, 2.24) is 5.32 Å². The van der Waals surface area contributed by atoms with E-state index in [0.29, 0.717) is 0 Å². The van der Waals surface area contributed by atoms with E-state index in [0.717, 1.165) is 0 Å². The van der Waals surface area contributed by atoms with Crippen LogP contribution < -0.4 is 5.32 Å². The average Bonchev–Trinajstić information content (AvgIpc) is 2.02. The monoisotopic (exact) mass is 216 g/mol. The maximum absolute atomic E-state index is 12.1. The number of amides is 1. The van der Waals surface area contributed by atoms with Crippen LogP contribution >= 0.6 is 0 Å². The van der Waals surface area contributed by atoms with Crippen LogP contribution in [0.1, 0.15) is 6.42 Å². The molecule has 0 aromatic carbocycles. The Morgan fingerprint density at radius 3 is 2.14 bits per heavy atom. The number of alkyl halides is 5. The Labute approximate surface area is 75.5 Å². The normalized spacial score (nSPS) is 12.0. The molecule has 80 valence electrons. The number of hydrogen-bond donors (Lipinski definition) is 1. The standard InChI is InChI=1S/C6H5F5N2O/c7-5(8,6(9,10)11)4(14)13-3-1-2-12/h1,3H2,(H,13,14). The summed E-state index contributed by atoms with van der Waals surface area (Å²) in [5.41, 5.74) is 0. The summed E-state index contributed by atoms with van der Waals surface area (Å²) < 4.78 is 58.8. The molecule has 0 saturated carbocycles. The zero-order chi connectivity index (χ0) is 11.4. The summed E-state index contributed by atoms with van der Waals surface area (Å²) in [5.74, 6) is -7.86. The fourth-order valence-corrected chi connectivity index (χ4v) is 0.472. The van der Waals surface area contributed by atoms with Crippen LogP contribution in [-0.4, -0.2) is 24.6 Å². The number of halogens is 5. The molecule has 0 spiro atoms. The summed E-state index contributed by atoms with van der Waals surface area (Å²) in [6, 6.07) is 1.47. The van der Waals surface area contributed by atoms with E-state index >= 15 is 0 Å². The third kappa shape index (κ3) is 2.83. The van der Waals surface area contributed by atoms with Crippen LogP contribution in [0.5, 0.6) is 0 Å². The molecular weight excluding hydrogens is 211 g/mol. The minimum atomic E-state index is -5.91. The van der Waals surface area contributed by atoms with Crippen molar-refractivity contribution in [2.45, 2.75) is 18.5 Å². The van der Waals surface area contributed by atoms with E-state index in [9.17, 15) is 26.7 Å². The second-order valence-electron chi connectivity index (χ2n) is 2.24. The third-order valence-corrected chi connectivity index (χ3v) is 1.16. The van der Waals surface area contributed by atoms with Crippen molar-refractivity contribution in [3.05, 3.63) is 0 Å². The lowest BCUT2D eigenvalue weighted by atomic mass is 10.3. The van der Waals surface area contributed by atoms with Gasteiger partial charge in [-0.1, -0.05) is 0 Å². The molecule has 0 rings (SSSR count). The van der Waals surface area contributed by atoms with E-state index in [4.69, 9.17) is 5.26 Å². The van der Waals surface area contributed by atoms with Gasteiger partial charge in [0.1, 0.15) is 0 Å². The lowest BCUT2D eigenvalue weighted by Crippen LogP contribution is -2.50. The number of carbonyl (C=O) groups excluding carboxylic acids is 1. The number of hydrogen-bond acceptors (Lipinski definition) is 2. The molecule has 0 aliphatic carbocycles. The van der Waals surface area contributed by atoms with Crippen LogP contribution in [0.25, 0.3) is 0 Å². The van der Waals surface area contributed by atoms with Crippen LogP contribution in [0, 0.1) is 11.3 Å². The Bertz CT molecular complexity index is 254. The average molecular weight is 216 g/mol. The quantitative estimate of drug-likeness (QED) is 0.569. The fraction of sp³-hybridized carbons (Fsp3) is 0.667. The Morgan fingerprint density at radius 2 is 1.79 bits per heavy atom. The number of nitrogens with zero attached hydrogens (tertiary/aromatic N) is 1. The van der Waals surface area contributed by atoms with Gasteiger partial charge in [0.15, 0.2) is 0 Å². The molecule has 0 fully saturated rings. The summed E-state index contributed by atoms with van der Waals surface area (Å²) in [6.07, 6.45) is -6.25. The molecule has 1 amide bonds. The fourth-order valence-electron chi connectivity index (χ4n) is 0.472. The smallest absolute Gasteiger partial charge is 0.350 e. The van der Waals surface area contributed by atoms with Gasteiger partial charge in [-0.3, -0.25) is 4.79 Å². The van der Waals surface area contributed by atoms with Crippen molar-refractivity contribution in [3.63, 3.8) is 0 Å². The maximum atomic E-state index is 12.1. The summed E-state index contributed by atoms with van der Waals surface area (Å²) in [5, 5.41) is 9.23. The van der Waals surface area contributed by atoms with Crippen LogP contribution in [0.2, 0.25) is 0 Å². The van der Waals surface area contributed by atoms with Gasteiger partial charge >= 0.3 is 12.1 Å². The van der Waals surface area contributed by atoms with Gasteiger partial charge in [0.25, 0.3) is 5.91 Å². The summed E-state index contributed by atoms with van der Waals surface area (Å²) in [6.45, 7) is -0.541. The minimum Gasteiger partial charge on any atom is -0.350 e. The SMILES string of the molecule is N#CCCNC(=O)C(F)(F)C(F)(F)F. The highest BCUT2D eigenvalue weighted by Crippen LogP contribution is 2.35. The van der Waals surface area contributed by atoms with Gasteiger partial charge < -0.3 is 5.32 Å². The summed E-state index contributed by atoms with van der Waals surface area (Å²) >= 11 is 0. The number of nitriles is 1. The van der Waals surface area contributed by atoms with Gasteiger partial charge in [0.05, 0.1) is 12.5 Å². The molecule has 0 aliphatic heterocycles. The molecule has 0 unspecified atom stereocenters. The highest BCUT2D eigenvalue weighted by molar-refractivity contribution is 5.84. The highest BCUT2D eigenvalue weighted by atomic mass is 19.4. The molecule has 0 aromatic rings. The van der Waals surface area contributed by atoms with E-state index in [2.05, 4.69) is 0 Å². The van der Waals surface area contributed by atoms with E-state index in [1.54, 1.807) is 0 Å². The lowest BCUT2D eigenvalue weighted by Gasteiger charge is -2.18. The highest BCUT2D eigenvalue weighted by Gasteiger charge is 2.63. The largest absolute Gasteiger partial charge is 0.463 e. The first-order valence-corrected chi connectivity index (χ1v) is 3.33. The minimum absolute atomic E-state index is 0.334. The van der Waals surface area contributed by atoms with E-state index in [1.807, 2.05) is 0 Å². The van der Waals surface area contributed by atoms with Crippen molar-refractivity contribution in [3.8, 4) is 6.07 Å². The first-order valence-electron chi connectivity index (χ1n) is 3.33. The topological polar surface area (TPSA) is 52.9 Å². The van der Waals surface area contributed by atoms with Gasteiger partial charge in [-0.15, -0.1) is 0 Å². The summed E-state index contributed by atoms with van der Waals surface area (Å²) in [7, 11) is 0. The van der Waals surface area contributed by atoms with Crippen LogP contribution in [-0.2, 0) is 4.79 Å². The molecule has 0 atom stereocenters. The first-order chi connectivity index (χ1) is 6.23.